The molecule has 2 aliphatic heterocycles. The largest absolute Gasteiger partial charge is 0.490 e. The SMILES string of the molecule is O=C(N/N=C1\C[C@@H](n2cnc([N+](=O)[O-])n2)[C@@H]2CO[C@@H]1O2)c1ccccc1[N+](=O)[O-]. The van der Waals surface area contributed by atoms with E-state index in [0.717, 1.165) is 0 Å². The molecule has 14 nitrogen and oxygen atoms in total. The first-order chi connectivity index (χ1) is 13.9. The molecule has 2 fully saturated rings. The number of ether oxygens (including phenoxy) is 2. The van der Waals surface area contributed by atoms with Crippen molar-refractivity contribution in [2.45, 2.75) is 24.9 Å². The van der Waals surface area contributed by atoms with Crippen molar-refractivity contribution < 1.29 is 24.1 Å². The molecular weight excluding hydrogens is 390 g/mol. The zero-order chi connectivity index (χ0) is 20.5. The van der Waals surface area contributed by atoms with Gasteiger partial charge in [0, 0.05) is 17.6 Å². The first kappa shape index (κ1) is 18.6. The quantitative estimate of drug-likeness (QED) is 0.552. The highest BCUT2D eigenvalue weighted by Crippen LogP contribution is 2.33. The number of nitrogens with zero attached hydrogens (tertiary/aromatic N) is 6. The minimum Gasteiger partial charge on any atom is -0.390 e. The fraction of sp³-hybridized carbons (Fsp3) is 0.333. The Labute approximate surface area is 161 Å². The molecule has 0 aliphatic carbocycles. The molecule has 3 atom stereocenters. The van der Waals surface area contributed by atoms with Gasteiger partial charge in [0.25, 0.3) is 11.6 Å². The Morgan fingerprint density at radius 1 is 1.28 bits per heavy atom. The number of aromatic nitrogens is 3. The third kappa shape index (κ3) is 3.53. The van der Waals surface area contributed by atoms with Crippen molar-refractivity contribution in [3.05, 3.63) is 56.4 Å². The van der Waals surface area contributed by atoms with E-state index in [-0.39, 0.29) is 24.3 Å². The highest BCUT2D eigenvalue weighted by Gasteiger charge is 2.44. The molecule has 29 heavy (non-hydrogen) atoms. The van der Waals surface area contributed by atoms with Gasteiger partial charge in [0.15, 0.2) is 6.29 Å². The van der Waals surface area contributed by atoms with E-state index in [9.17, 15) is 25.0 Å². The molecule has 150 valence electrons. The molecule has 0 radical (unpaired) electrons. The van der Waals surface area contributed by atoms with Crippen LogP contribution in [0.5, 0.6) is 0 Å². The molecule has 2 bridgehead atoms. The van der Waals surface area contributed by atoms with E-state index in [4.69, 9.17) is 9.47 Å². The van der Waals surface area contributed by atoms with Crippen molar-refractivity contribution in [1.82, 2.24) is 20.2 Å². The maximum absolute atomic E-state index is 12.3. The summed E-state index contributed by atoms with van der Waals surface area (Å²) in [5.74, 6) is -1.31. The van der Waals surface area contributed by atoms with Crippen LogP contribution in [-0.2, 0) is 9.47 Å². The monoisotopic (exact) mass is 403 g/mol. The van der Waals surface area contributed by atoms with Gasteiger partial charge < -0.3 is 19.6 Å². The topological polar surface area (TPSA) is 177 Å². The van der Waals surface area contributed by atoms with Crippen LogP contribution >= 0.6 is 0 Å². The lowest BCUT2D eigenvalue weighted by Crippen LogP contribution is -2.38. The van der Waals surface area contributed by atoms with Crippen molar-refractivity contribution in [2.24, 2.45) is 5.10 Å². The number of nitro groups is 2. The average Bonchev–Trinajstić information content (AvgIpc) is 3.36. The van der Waals surface area contributed by atoms with E-state index in [1.165, 1.54) is 35.3 Å². The first-order valence-electron chi connectivity index (χ1n) is 8.37. The molecule has 0 spiro atoms. The van der Waals surface area contributed by atoms with Crippen LogP contribution in [0, 0.1) is 20.2 Å². The second-order valence-corrected chi connectivity index (χ2v) is 6.21. The zero-order valence-corrected chi connectivity index (χ0v) is 14.6. The molecule has 2 saturated heterocycles. The van der Waals surface area contributed by atoms with Gasteiger partial charge >= 0.3 is 5.95 Å². The van der Waals surface area contributed by atoms with Gasteiger partial charge in [0.1, 0.15) is 17.7 Å². The number of carbonyl (C=O) groups excluding carboxylic acids is 1. The smallest absolute Gasteiger partial charge is 0.390 e. The standard InChI is InChI=1S/C15H13N7O7/c23-13(8-3-1-2-4-10(8)21(24)25)18-17-9-5-11(12-6-28-14(9)29-12)20-7-16-15(19-20)22(26)27/h1-4,7,11-12,14H,5-6H2,(H,18,23)/b17-9+/t11-,12+,14-/m1/s1. The Balaban J connectivity index is 1.53. The molecule has 4 rings (SSSR count). The van der Waals surface area contributed by atoms with E-state index < -0.39 is 40.1 Å². The van der Waals surface area contributed by atoms with Crippen LogP contribution in [0.4, 0.5) is 11.6 Å². The van der Waals surface area contributed by atoms with E-state index in [0.29, 0.717) is 5.71 Å². The molecule has 1 N–H and O–H groups in total. The van der Waals surface area contributed by atoms with Gasteiger partial charge in [-0.1, -0.05) is 17.1 Å². The van der Waals surface area contributed by atoms with Crippen LogP contribution in [0.1, 0.15) is 22.8 Å². The Kier molecular flexibility index (Phi) is 4.69. The molecule has 3 heterocycles. The van der Waals surface area contributed by atoms with Crippen LogP contribution in [0.2, 0.25) is 0 Å². The lowest BCUT2D eigenvalue weighted by Gasteiger charge is -2.26. The molecule has 2 aromatic rings. The fourth-order valence-electron chi connectivity index (χ4n) is 3.12. The predicted octanol–water partition coefficient (Wildman–Crippen LogP) is 0.567. The number of amides is 1. The summed E-state index contributed by atoms with van der Waals surface area (Å²) in [5.41, 5.74) is 2.09. The zero-order valence-electron chi connectivity index (χ0n) is 14.6. The number of benzene rings is 1. The maximum atomic E-state index is 12.3. The number of para-hydroxylation sites is 1. The van der Waals surface area contributed by atoms with Crippen molar-refractivity contribution in [2.75, 3.05) is 6.61 Å². The molecule has 2 aliphatic rings. The minimum absolute atomic E-state index is 0.146. The fourth-order valence-corrected chi connectivity index (χ4v) is 3.12. The van der Waals surface area contributed by atoms with E-state index in [1.54, 1.807) is 0 Å². The Morgan fingerprint density at radius 2 is 2.07 bits per heavy atom. The number of hydrazone groups is 1. The van der Waals surface area contributed by atoms with Gasteiger partial charge in [-0.2, -0.15) is 9.78 Å². The molecule has 0 unspecified atom stereocenters. The molecule has 1 aromatic carbocycles. The Hall–Kier alpha value is -3.78. The lowest BCUT2D eigenvalue weighted by molar-refractivity contribution is -0.394. The molecule has 1 aromatic heterocycles. The van der Waals surface area contributed by atoms with Crippen LogP contribution in [0.3, 0.4) is 0 Å². The van der Waals surface area contributed by atoms with E-state index in [1.807, 2.05) is 0 Å². The average molecular weight is 403 g/mol. The van der Waals surface area contributed by atoms with Crippen molar-refractivity contribution in [3.8, 4) is 0 Å². The van der Waals surface area contributed by atoms with Crippen LogP contribution < -0.4 is 5.43 Å². The molecule has 1 amide bonds. The van der Waals surface area contributed by atoms with Crippen LogP contribution in [0.25, 0.3) is 0 Å². The molecule has 14 heteroatoms. The van der Waals surface area contributed by atoms with Gasteiger partial charge in [-0.15, -0.1) is 0 Å². The van der Waals surface area contributed by atoms with Gasteiger partial charge in [-0.3, -0.25) is 14.9 Å². The summed E-state index contributed by atoms with van der Waals surface area (Å²) >= 11 is 0. The number of rotatable bonds is 5. The number of nitrogens with one attached hydrogen (secondary N) is 1. The van der Waals surface area contributed by atoms with E-state index >= 15 is 0 Å². The number of hydrogen-bond acceptors (Lipinski definition) is 10. The van der Waals surface area contributed by atoms with Gasteiger partial charge in [0.2, 0.25) is 6.33 Å². The second-order valence-electron chi connectivity index (χ2n) is 6.21. The third-order valence-corrected chi connectivity index (χ3v) is 4.48. The number of nitro benzene ring substituents is 1. The number of carbonyl (C=O) groups is 1. The third-order valence-electron chi connectivity index (χ3n) is 4.48. The van der Waals surface area contributed by atoms with Gasteiger partial charge in [0.05, 0.1) is 17.2 Å². The predicted molar refractivity (Wildman–Crippen MR) is 92.9 cm³/mol. The molecular formula is C15H13N7O7. The first-order valence-corrected chi connectivity index (χ1v) is 8.37. The van der Waals surface area contributed by atoms with Gasteiger partial charge in [-0.05, 0) is 11.0 Å². The second kappa shape index (κ2) is 7.33. The van der Waals surface area contributed by atoms with E-state index in [2.05, 4.69) is 20.6 Å². The Morgan fingerprint density at radius 3 is 2.79 bits per heavy atom. The normalized spacial score (nSPS) is 24.4. The molecule has 0 saturated carbocycles. The summed E-state index contributed by atoms with van der Waals surface area (Å²) in [5, 5.41) is 29.7. The minimum atomic E-state index is -0.791. The summed E-state index contributed by atoms with van der Waals surface area (Å²) in [7, 11) is 0. The summed E-state index contributed by atoms with van der Waals surface area (Å²) in [6, 6.07) is 4.99. The van der Waals surface area contributed by atoms with Gasteiger partial charge in [-0.25, -0.2) is 5.43 Å². The number of fused-ring (bicyclic) bond motifs is 2. The highest BCUT2D eigenvalue weighted by molar-refractivity contribution is 5.99. The van der Waals surface area contributed by atoms with Crippen LogP contribution in [0.15, 0.2) is 35.7 Å². The summed E-state index contributed by atoms with van der Waals surface area (Å²) in [6.45, 7) is 0.208. The lowest BCUT2D eigenvalue weighted by atomic mass is 10.0. The van der Waals surface area contributed by atoms with Crippen molar-refractivity contribution >= 4 is 23.3 Å². The summed E-state index contributed by atoms with van der Waals surface area (Å²) < 4.78 is 12.5. The Bertz CT molecular complexity index is 1020. The van der Waals surface area contributed by atoms with Crippen molar-refractivity contribution in [1.29, 1.82) is 0 Å². The number of hydrogen-bond donors (Lipinski definition) is 1. The summed E-state index contributed by atoms with van der Waals surface area (Å²) in [4.78, 5) is 36.5. The maximum Gasteiger partial charge on any atom is 0.490 e. The van der Waals surface area contributed by atoms with Crippen molar-refractivity contribution in [3.63, 3.8) is 0 Å². The summed E-state index contributed by atoms with van der Waals surface area (Å²) in [6.07, 6.45) is 0.244. The van der Waals surface area contributed by atoms with Crippen LogP contribution in [-0.4, -0.2) is 55.2 Å². The highest BCUT2D eigenvalue weighted by atomic mass is 16.7.